The van der Waals surface area contributed by atoms with E-state index < -0.39 is 23.6 Å². The minimum Gasteiger partial charge on any atom is -0.497 e. The quantitative estimate of drug-likeness (QED) is 0.134. The van der Waals surface area contributed by atoms with E-state index in [1.54, 1.807) is 79.9 Å². The highest BCUT2D eigenvalue weighted by molar-refractivity contribution is 6.45. The van der Waals surface area contributed by atoms with E-state index in [2.05, 4.69) is 0 Å². The van der Waals surface area contributed by atoms with Gasteiger partial charge in [-0.15, -0.1) is 0 Å². The predicted octanol–water partition coefficient (Wildman–Crippen LogP) is 6.84. The number of amides is 4. The number of fused-ring (bicyclic) bond motifs is 2. The fourth-order valence-electron chi connectivity index (χ4n) is 7.22. The minimum absolute atomic E-state index is 0.143. The molecular formula is C38H22N2O6. The summed E-state index contributed by atoms with van der Waals surface area (Å²) in [5.74, 6) is -1.06. The van der Waals surface area contributed by atoms with Crippen LogP contribution in [0.5, 0.6) is 5.75 Å². The zero-order valence-electron chi connectivity index (χ0n) is 24.3. The maximum absolute atomic E-state index is 13.9. The van der Waals surface area contributed by atoms with Crippen LogP contribution in [-0.4, -0.2) is 35.8 Å². The molecule has 9 rings (SSSR count). The first-order valence-corrected chi connectivity index (χ1v) is 14.7. The number of carbonyl (C=O) groups excluding carboxylic acids is 4. The van der Waals surface area contributed by atoms with E-state index >= 15 is 0 Å². The highest BCUT2D eigenvalue weighted by atomic mass is 16.5. The molecule has 1 N–H and O–H groups in total. The van der Waals surface area contributed by atoms with Gasteiger partial charge in [-0.05, 0) is 98.5 Å². The molecule has 0 saturated heterocycles. The van der Waals surface area contributed by atoms with E-state index in [0.717, 1.165) is 32.3 Å². The molecule has 0 aromatic heterocycles. The molecule has 0 fully saturated rings. The van der Waals surface area contributed by atoms with Gasteiger partial charge in [0, 0.05) is 33.0 Å². The average Bonchev–Trinajstić information content (AvgIpc) is 3.09. The largest absolute Gasteiger partial charge is 0.497 e. The van der Waals surface area contributed by atoms with Crippen molar-refractivity contribution in [3.05, 3.63) is 125 Å². The Morgan fingerprint density at radius 1 is 0.478 bits per heavy atom. The first-order chi connectivity index (χ1) is 22.4. The Bertz CT molecular complexity index is 2220. The van der Waals surface area contributed by atoms with Crippen LogP contribution in [0, 0.1) is 0 Å². The molecule has 46 heavy (non-hydrogen) atoms. The number of benzene rings is 7. The monoisotopic (exact) mass is 602 g/mol. The Morgan fingerprint density at radius 2 is 0.826 bits per heavy atom. The van der Waals surface area contributed by atoms with Gasteiger partial charge >= 0.3 is 0 Å². The number of methoxy groups -OCH3 is 1. The Labute approximate surface area is 261 Å². The molecule has 0 aliphatic carbocycles. The molecule has 2 aliphatic rings. The molecule has 7 aromatic carbocycles. The molecule has 8 nitrogen and oxygen atoms in total. The zero-order valence-corrected chi connectivity index (χ0v) is 24.3. The maximum atomic E-state index is 13.9. The number of imide groups is 2. The van der Waals surface area contributed by atoms with Gasteiger partial charge in [0.2, 0.25) is 0 Å². The lowest BCUT2D eigenvalue weighted by Crippen LogP contribution is -2.40. The third-order valence-corrected chi connectivity index (χ3v) is 9.34. The van der Waals surface area contributed by atoms with Crippen molar-refractivity contribution in [3.63, 3.8) is 0 Å². The number of nitrogens with zero attached hydrogens (tertiary/aromatic N) is 2. The number of anilines is 2. The van der Waals surface area contributed by atoms with E-state index in [0.29, 0.717) is 55.7 Å². The molecule has 0 atom stereocenters. The minimum atomic E-state index is -0.427. The summed E-state index contributed by atoms with van der Waals surface area (Å²) in [5, 5.41) is 15.5. The number of hydrogen-bond donors (Lipinski definition) is 1. The number of aliphatic hydroxyl groups excluding tert-OH is 1. The second-order valence-electron chi connectivity index (χ2n) is 11.6. The number of hydrogen-bond acceptors (Lipinski definition) is 6. The Kier molecular flexibility index (Phi) is 5.26. The molecule has 4 amide bonds. The second-order valence-corrected chi connectivity index (χ2v) is 11.6. The van der Waals surface area contributed by atoms with Crippen molar-refractivity contribution in [2.24, 2.45) is 0 Å². The molecule has 0 saturated carbocycles. The molecular weight excluding hydrogens is 580 g/mol. The smallest absolute Gasteiger partial charge is 0.265 e. The van der Waals surface area contributed by atoms with Crippen molar-refractivity contribution in [2.45, 2.75) is 6.61 Å². The highest BCUT2D eigenvalue weighted by Crippen LogP contribution is 2.47. The van der Waals surface area contributed by atoms with Crippen molar-refractivity contribution in [1.82, 2.24) is 0 Å². The third-order valence-electron chi connectivity index (χ3n) is 9.34. The van der Waals surface area contributed by atoms with Crippen molar-refractivity contribution < 1.29 is 29.0 Å². The number of rotatable bonds is 4. The summed E-state index contributed by atoms with van der Waals surface area (Å²) in [4.78, 5) is 58.0. The summed E-state index contributed by atoms with van der Waals surface area (Å²) >= 11 is 0. The van der Waals surface area contributed by atoms with Gasteiger partial charge in [0.25, 0.3) is 23.6 Å². The van der Waals surface area contributed by atoms with Crippen LogP contribution in [0.3, 0.4) is 0 Å². The fourth-order valence-corrected chi connectivity index (χ4v) is 7.22. The van der Waals surface area contributed by atoms with E-state index in [9.17, 15) is 24.3 Å². The van der Waals surface area contributed by atoms with Crippen LogP contribution in [0.15, 0.2) is 97.1 Å². The Hall–Kier alpha value is -6.12. The zero-order chi connectivity index (χ0) is 31.4. The van der Waals surface area contributed by atoms with Crippen molar-refractivity contribution in [3.8, 4) is 5.75 Å². The summed E-state index contributed by atoms with van der Waals surface area (Å²) in [6.45, 7) is -0.143. The van der Waals surface area contributed by atoms with Crippen molar-refractivity contribution in [1.29, 1.82) is 0 Å². The Balaban J connectivity index is 1.27. The van der Waals surface area contributed by atoms with Gasteiger partial charge in [0.1, 0.15) is 5.75 Å². The van der Waals surface area contributed by atoms with Crippen LogP contribution in [0.2, 0.25) is 0 Å². The van der Waals surface area contributed by atoms with Gasteiger partial charge in [-0.25, -0.2) is 9.80 Å². The van der Waals surface area contributed by atoms with Crippen LogP contribution in [0.4, 0.5) is 11.4 Å². The molecule has 2 aliphatic heterocycles. The topological polar surface area (TPSA) is 104 Å². The molecule has 0 radical (unpaired) electrons. The summed E-state index contributed by atoms with van der Waals surface area (Å²) in [6.07, 6.45) is 0. The van der Waals surface area contributed by atoms with E-state index in [1.807, 2.05) is 24.3 Å². The Morgan fingerprint density at radius 3 is 1.15 bits per heavy atom. The highest BCUT2D eigenvalue weighted by Gasteiger charge is 2.38. The van der Waals surface area contributed by atoms with Gasteiger partial charge in [-0.1, -0.05) is 36.4 Å². The van der Waals surface area contributed by atoms with Crippen molar-refractivity contribution in [2.75, 3.05) is 16.9 Å². The summed E-state index contributed by atoms with van der Waals surface area (Å²) in [5.41, 5.74) is 3.23. The lowest BCUT2D eigenvalue weighted by molar-refractivity contribution is 0.0877. The van der Waals surface area contributed by atoms with E-state index in [1.165, 1.54) is 9.80 Å². The predicted molar refractivity (Wildman–Crippen MR) is 175 cm³/mol. The van der Waals surface area contributed by atoms with Gasteiger partial charge in [-0.3, -0.25) is 19.2 Å². The van der Waals surface area contributed by atoms with Gasteiger partial charge < -0.3 is 9.84 Å². The van der Waals surface area contributed by atoms with Gasteiger partial charge in [0.15, 0.2) is 0 Å². The normalized spacial score (nSPS) is 14.5. The van der Waals surface area contributed by atoms with Crippen molar-refractivity contribution >= 4 is 78.1 Å². The van der Waals surface area contributed by atoms with Crippen LogP contribution < -0.4 is 14.5 Å². The number of aliphatic hydroxyl groups is 1. The number of carbonyl (C=O) groups is 4. The van der Waals surface area contributed by atoms with Gasteiger partial charge in [-0.2, -0.15) is 0 Å². The first kappa shape index (κ1) is 26.3. The molecule has 7 aromatic rings. The maximum Gasteiger partial charge on any atom is 0.265 e. The first-order valence-electron chi connectivity index (χ1n) is 14.7. The molecule has 0 spiro atoms. The molecule has 220 valence electrons. The SMILES string of the molecule is COc1ccc(N2C(=O)c3ccc4c5ccc6c7c(ccc(c8ccc(c3c48)C2=O)c75)C(=O)N(c2ccc(CO)cc2)C6=O)cc1. The van der Waals surface area contributed by atoms with Gasteiger partial charge in [0.05, 0.1) is 25.1 Å². The van der Waals surface area contributed by atoms with Crippen LogP contribution >= 0.6 is 0 Å². The summed E-state index contributed by atoms with van der Waals surface area (Å²) < 4.78 is 5.25. The standard InChI is InChI=1S/C38H22N2O6/c1-46-22-8-6-21(7-9-22)40-37(44)29-16-12-25-23-10-14-27-33-28(36(43)39(35(27)42)20-4-2-19(18-41)3-5-20)15-11-24(31(23)33)26-13-17-30(38(40)45)34(29)32(25)26/h2-17,41H,18H2,1H3. The number of ether oxygens (including phenoxy) is 1. The van der Waals surface area contributed by atoms with E-state index in [-0.39, 0.29) is 6.61 Å². The molecule has 0 unspecified atom stereocenters. The van der Waals surface area contributed by atoms with Crippen LogP contribution in [-0.2, 0) is 6.61 Å². The molecule has 0 bridgehead atoms. The van der Waals surface area contributed by atoms with Crippen LogP contribution in [0.25, 0.3) is 43.1 Å². The lowest BCUT2D eigenvalue weighted by Gasteiger charge is -2.30. The van der Waals surface area contributed by atoms with E-state index in [4.69, 9.17) is 4.74 Å². The fraction of sp³-hybridized carbons (Fsp3) is 0.0526. The summed E-state index contributed by atoms with van der Waals surface area (Å²) in [7, 11) is 1.55. The average molecular weight is 603 g/mol. The third kappa shape index (κ3) is 3.25. The van der Waals surface area contributed by atoms with Crippen LogP contribution in [0.1, 0.15) is 47.0 Å². The summed E-state index contributed by atoms with van der Waals surface area (Å²) in [6, 6.07) is 28.0. The molecule has 2 heterocycles. The second kappa shape index (κ2) is 9.20. The lowest BCUT2D eigenvalue weighted by atomic mass is 9.82. The molecule has 8 heteroatoms.